The molecule has 2 unspecified atom stereocenters. The number of halogens is 1. The van der Waals surface area contributed by atoms with Gasteiger partial charge in [-0.05, 0) is 29.4 Å². The highest BCUT2D eigenvalue weighted by molar-refractivity contribution is 7.98. The molecule has 0 aromatic carbocycles. The van der Waals surface area contributed by atoms with Gasteiger partial charge in [0.1, 0.15) is 5.82 Å². The number of aromatic nitrogens is 2. The molecule has 2 rings (SSSR count). The van der Waals surface area contributed by atoms with E-state index in [1.165, 1.54) is 23.9 Å². The van der Waals surface area contributed by atoms with Crippen molar-refractivity contribution in [2.75, 3.05) is 6.26 Å². The number of nitrogens with zero attached hydrogens (tertiary/aromatic N) is 3. The molecule has 0 amide bonds. The minimum atomic E-state index is -0.409. The first kappa shape index (κ1) is 14.5. The molecule has 0 radical (unpaired) electrons. The van der Waals surface area contributed by atoms with Crippen molar-refractivity contribution in [2.45, 2.75) is 18.2 Å². The smallest absolute Gasteiger partial charge is 0.323 e. The van der Waals surface area contributed by atoms with E-state index in [-0.39, 0.29) is 17.1 Å². The Labute approximate surface area is 120 Å². The lowest BCUT2D eigenvalue weighted by Gasteiger charge is -2.20. The van der Waals surface area contributed by atoms with Crippen molar-refractivity contribution in [3.8, 4) is 0 Å². The maximum absolute atomic E-state index is 12.9. The average Bonchev–Trinajstić information content (AvgIpc) is 2.89. The van der Waals surface area contributed by atoms with Crippen molar-refractivity contribution >= 4 is 17.6 Å². The third-order valence-corrected chi connectivity index (χ3v) is 4.22. The molecule has 2 aromatic heterocycles. The molecule has 2 heterocycles. The van der Waals surface area contributed by atoms with Crippen molar-refractivity contribution in [3.05, 3.63) is 58.3 Å². The van der Waals surface area contributed by atoms with Gasteiger partial charge in [-0.25, -0.2) is 8.96 Å². The molecule has 0 aliphatic rings. The predicted octanol–water partition coefficient (Wildman–Crippen LogP) is 3.60. The number of thioether (sulfide) groups is 1. The molecule has 0 saturated carbocycles. The van der Waals surface area contributed by atoms with E-state index >= 15 is 0 Å². The number of pyridine rings is 1. The van der Waals surface area contributed by atoms with Crippen LogP contribution in [0.1, 0.15) is 23.9 Å². The van der Waals surface area contributed by atoms with E-state index in [0.717, 1.165) is 6.20 Å². The van der Waals surface area contributed by atoms with Gasteiger partial charge in [-0.15, -0.1) is 11.8 Å². The average molecular weight is 295 g/mol. The quantitative estimate of drug-likeness (QED) is 0.624. The van der Waals surface area contributed by atoms with Crippen LogP contribution in [-0.2, 0) is 0 Å². The molecule has 0 aliphatic carbocycles. The van der Waals surface area contributed by atoms with E-state index in [0.29, 0.717) is 5.69 Å². The third kappa shape index (κ3) is 2.82. The van der Waals surface area contributed by atoms with Gasteiger partial charge in [0, 0.05) is 17.7 Å². The summed E-state index contributed by atoms with van der Waals surface area (Å²) in [7, 11) is 0. The van der Waals surface area contributed by atoms with Crippen LogP contribution in [0.3, 0.4) is 0 Å². The van der Waals surface area contributed by atoms with Crippen molar-refractivity contribution in [3.63, 3.8) is 0 Å². The summed E-state index contributed by atoms with van der Waals surface area (Å²) >= 11 is 1.49. The van der Waals surface area contributed by atoms with Crippen molar-refractivity contribution in [1.29, 1.82) is 0 Å². The van der Waals surface area contributed by atoms with Gasteiger partial charge >= 0.3 is 5.82 Å². The van der Waals surface area contributed by atoms with Gasteiger partial charge in [0.2, 0.25) is 0 Å². The molecule has 106 valence electrons. The van der Waals surface area contributed by atoms with E-state index < -0.39 is 10.7 Å². The lowest BCUT2D eigenvalue weighted by Crippen LogP contribution is -2.14. The molecular weight excluding hydrogens is 281 g/mol. The molecular formula is C13H14FN3O2S. The number of hydrogen-bond donors (Lipinski definition) is 0. The first-order chi connectivity index (χ1) is 9.54. The molecule has 2 aromatic rings. The minimum Gasteiger partial charge on any atom is -0.358 e. The summed E-state index contributed by atoms with van der Waals surface area (Å²) < 4.78 is 14.5. The van der Waals surface area contributed by atoms with Crippen LogP contribution in [-0.4, -0.2) is 20.7 Å². The molecule has 7 heteroatoms. The number of nitro groups is 1. The first-order valence-corrected chi connectivity index (χ1v) is 7.29. The Morgan fingerprint density at radius 3 is 2.75 bits per heavy atom. The van der Waals surface area contributed by atoms with E-state index in [1.54, 1.807) is 22.9 Å². The lowest BCUT2D eigenvalue weighted by molar-refractivity contribution is -0.392. The monoisotopic (exact) mass is 295 g/mol. The lowest BCUT2D eigenvalue weighted by atomic mass is 10.1. The van der Waals surface area contributed by atoms with E-state index in [2.05, 4.69) is 4.98 Å². The number of rotatable bonds is 5. The second-order valence-corrected chi connectivity index (χ2v) is 5.30. The largest absolute Gasteiger partial charge is 0.358 e. The number of hydrogen-bond acceptors (Lipinski definition) is 4. The topological polar surface area (TPSA) is 61.0 Å². The molecule has 0 N–H and O–H groups in total. The summed E-state index contributed by atoms with van der Waals surface area (Å²) in [5.74, 6) is -0.441. The van der Waals surface area contributed by atoms with Gasteiger partial charge in [0.05, 0.1) is 12.4 Å². The molecule has 0 bridgehead atoms. The zero-order valence-corrected chi connectivity index (χ0v) is 11.9. The fourth-order valence-electron chi connectivity index (χ4n) is 2.12. The normalized spacial score (nSPS) is 13.9. The van der Waals surface area contributed by atoms with Crippen molar-refractivity contribution in [1.82, 2.24) is 9.55 Å². The van der Waals surface area contributed by atoms with Crippen molar-refractivity contribution in [2.24, 2.45) is 0 Å². The van der Waals surface area contributed by atoms with Crippen LogP contribution in [0.4, 0.5) is 10.2 Å². The van der Waals surface area contributed by atoms with Gasteiger partial charge in [-0.1, -0.05) is 6.92 Å². The molecule has 0 spiro atoms. The first-order valence-electron chi connectivity index (χ1n) is 6.00. The highest BCUT2D eigenvalue weighted by Gasteiger charge is 2.28. The summed E-state index contributed by atoms with van der Waals surface area (Å²) in [5.41, 5.74) is 0.703. The Balaban J connectivity index is 2.34. The van der Waals surface area contributed by atoms with Crippen LogP contribution >= 0.6 is 11.8 Å². The van der Waals surface area contributed by atoms with Gasteiger partial charge in [-0.3, -0.25) is 4.98 Å². The molecule has 0 aliphatic heterocycles. The molecule has 2 atom stereocenters. The van der Waals surface area contributed by atoms with E-state index in [4.69, 9.17) is 0 Å². The zero-order chi connectivity index (χ0) is 14.7. The van der Waals surface area contributed by atoms with Crippen LogP contribution in [0.15, 0.2) is 36.7 Å². The van der Waals surface area contributed by atoms with Crippen LogP contribution in [0.25, 0.3) is 0 Å². The van der Waals surface area contributed by atoms with Gasteiger partial charge in [0.15, 0.2) is 5.37 Å². The Bertz CT molecular complexity index is 600. The Kier molecular flexibility index (Phi) is 4.39. The fraction of sp³-hybridized carbons (Fsp3) is 0.308. The van der Waals surface area contributed by atoms with E-state index in [1.807, 2.05) is 13.2 Å². The third-order valence-electron chi connectivity index (χ3n) is 3.10. The summed E-state index contributed by atoms with van der Waals surface area (Å²) in [6, 6.07) is 6.07. The molecule has 20 heavy (non-hydrogen) atoms. The van der Waals surface area contributed by atoms with Crippen molar-refractivity contribution < 1.29 is 9.31 Å². The van der Waals surface area contributed by atoms with Crippen LogP contribution in [0.2, 0.25) is 0 Å². The van der Waals surface area contributed by atoms with Crippen LogP contribution < -0.4 is 0 Å². The summed E-state index contributed by atoms with van der Waals surface area (Å²) in [4.78, 5) is 14.7. The highest BCUT2D eigenvalue weighted by Crippen LogP contribution is 2.37. The Morgan fingerprint density at radius 1 is 1.45 bits per heavy atom. The second kappa shape index (κ2) is 6.04. The predicted molar refractivity (Wildman–Crippen MR) is 76.2 cm³/mol. The Hall–Kier alpha value is -1.89. The SMILES string of the molecule is CSC(C(C)c1ccc(F)cn1)n1cccc1[N+](=O)[O-]. The van der Waals surface area contributed by atoms with E-state index in [9.17, 15) is 14.5 Å². The molecule has 0 saturated heterocycles. The fourth-order valence-corrected chi connectivity index (χ4v) is 3.07. The maximum Gasteiger partial charge on any atom is 0.323 e. The Morgan fingerprint density at radius 2 is 2.20 bits per heavy atom. The zero-order valence-electron chi connectivity index (χ0n) is 11.1. The highest BCUT2D eigenvalue weighted by atomic mass is 32.2. The maximum atomic E-state index is 12.9. The summed E-state index contributed by atoms with van der Waals surface area (Å²) in [5, 5.41) is 10.8. The standard InChI is InChI=1S/C13H14FN3O2S/c1-9(11-6-5-10(14)8-15-11)13(20-2)16-7-3-4-12(16)17(18)19/h3-9,13H,1-2H3. The van der Waals surface area contributed by atoms with Gasteiger partial charge in [-0.2, -0.15) is 0 Å². The van der Waals surface area contributed by atoms with Gasteiger partial charge in [0.25, 0.3) is 0 Å². The van der Waals surface area contributed by atoms with Crippen LogP contribution in [0, 0.1) is 15.9 Å². The molecule has 0 fully saturated rings. The second-order valence-electron chi connectivity index (χ2n) is 4.35. The minimum absolute atomic E-state index is 0.0401. The van der Waals surface area contributed by atoms with Crippen LogP contribution in [0.5, 0.6) is 0 Å². The summed E-state index contributed by atoms with van der Waals surface area (Å²) in [6.07, 6.45) is 4.72. The molecule has 5 nitrogen and oxygen atoms in total. The summed E-state index contributed by atoms with van der Waals surface area (Å²) in [6.45, 7) is 1.92. The van der Waals surface area contributed by atoms with Gasteiger partial charge < -0.3 is 10.1 Å².